The van der Waals surface area contributed by atoms with Gasteiger partial charge in [0.1, 0.15) is 0 Å². The van der Waals surface area contributed by atoms with Crippen molar-refractivity contribution in [3.63, 3.8) is 0 Å². The molecule has 0 amide bonds. The molecule has 0 bridgehead atoms. The molecule has 0 saturated carbocycles. The molecule has 5 aromatic carbocycles. The highest BCUT2D eigenvalue weighted by Gasteiger charge is 2.12. The van der Waals surface area contributed by atoms with Crippen molar-refractivity contribution < 1.29 is 0 Å². The van der Waals surface area contributed by atoms with Gasteiger partial charge in [0, 0.05) is 30.2 Å². The lowest BCUT2D eigenvalue weighted by molar-refractivity contribution is 0.343. The summed E-state index contributed by atoms with van der Waals surface area (Å²) >= 11 is 0. The molecule has 0 atom stereocenters. The summed E-state index contributed by atoms with van der Waals surface area (Å²) in [4.78, 5) is 4.74. The molecule has 0 heterocycles. The van der Waals surface area contributed by atoms with Crippen molar-refractivity contribution in [3.8, 4) is 11.1 Å². The summed E-state index contributed by atoms with van der Waals surface area (Å²) in [5.74, 6) is 0. The van der Waals surface area contributed by atoms with Gasteiger partial charge in [0.15, 0.2) is 0 Å². The zero-order chi connectivity index (χ0) is 27.0. The summed E-state index contributed by atoms with van der Waals surface area (Å²) in [5.41, 5.74) is 11.3. The molecule has 2 nitrogen and oxygen atoms in total. The van der Waals surface area contributed by atoms with E-state index in [2.05, 4.69) is 158 Å². The molecule has 0 aliphatic carbocycles. The summed E-state index contributed by atoms with van der Waals surface area (Å²) in [5, 5.41) is 0. The first-order valence-corrected chi connectivity index (χ1v) is 13.9. The number of anilines is 3. The molecule has 196 valence electrons. The molecule has 0 aliphatic heterocycles. The van der Waals surface area contributed by atoms with Gasteiger partial charge in [0.2, 0.25) is 0 Å². The summed E-state index contributed by atoms with van der Waals surface area (Å²) in [6, 6.07) is 46.2. The topological polar surface area (TPSA) is 6.48 Å². The lowest BCUT2D eigenvalue weighted by Crippen LogP contribution is -2.23. The van der Waals surface area contributed by atoms with E-state index in [-0.39, 0.29) is 0 Å². The van der Waals surface area contributed by atoms with Gasteiger partial charge >= 0.3 is 0 Å². The maximum Gasteiger partial charge on any atom is 0.0462 e. The highest BCUT2D eigenvalue weighted by Crippen LogP contribution is 2.35. The third-order valence-corrected chi connectivity index (χ3v) is 7.40. The van der Waals surface area contributed by atoms with Crippen LogP contribution in [0.1, 0.15) is 22.3 Å². The van der Waals surface area contributed by atoms with E-state index in [4.69, 9.17) is 0 Å². The Hall–Kier alpha value is -4.14. The van der Waals surface area contributed by atoms with Crippen LogP contribution in [0.3, 0.4) is 0 Å². The maximum atomic E-state index is 2.42. The quantitative estimate of drug-likeness (QED) is 0.185. The predicted octanol–water partition coefficient (Wildman–Crippen LogP) is 9.16. The van der Waals surface area contributed by atoms with Crippen molar-refractivity contribution in [1.29, 1.82) is 0 Å². The summed E-state index contributed by atoms with van der Waals surface area (Å²) in [6.45, 7) is 6.40. The molecule has 5 rings (SSSR count). The summed E-state index contributed by atoms with van der Waals surface area (Å²) in [7, 11) is 2.22. The van der Waals surface area contributed by atoms with Crippen molar-refractivity contribution in [2.75, 3.05) is 25.0 Å². The first-order valence-electron chi connectivity index (χ1n) is 13.9. The normalized spacial score (nSPS) is 11.1. The van der Waals surface area contributed by atoms with Crippen molar-refractivity contribution in [3.05, 3.63) is 150 Å². The molecule has 0 radical (unpaired) electrons. The van der Waals surface area contributed by atoms with Crippen molar-refractivity contribution in [2.45, 2.75) is 26.7 Å². The number of aryl methyl sites for hydroxylation is 2. The smallest absolute Gasteiger partial charge is 0.0462 e. The number of nitrogens with zero attached hydrogens (tertiary/aromatic N) is 2. The van der Waals surface area contributed by atoms with Crippen LogP contribution in [-0.4, -0.2) is 25.0 Å². The molecule has 39 heavy (non-hydrogen) atoms. The van der Waals surface area contributed by atoms with E-state index in [1.54, 1.807) is 0 Å². The van der Waals surface area contributed by atoms with E-state index >= 15 is 0 Å². The molecule has 5 aromatic rings. The largest absolute Gasteiger partial charge is 0.311 e. The lowest BCUT2D eigenvalue weighted by Gasteiger charge is -2.26. The van der Waals surface area contributed by atoms with Crippen molar-refractivity contribution >= 4 is 17.1 Å². The standard InChI is InChI=1S/C37H38N2/c1-29-9-19-35(20-10-29)39(36-21-11-30(2)12-22-36)37-23-17-34(18-24-37)33-15-13-32(14-16-33)26-28-38(3)27-25-31-7-5-4-6-8-31/h4-24H,25-28H2,1-3H3. The van der Waals surface area contributed by atoms with Crippen LogP contribution in [0.25, 0.3) is 11.1 Å². The van der Waals surface area contributed by atoms with Gasteiger partial charge in [-0.05, 0) is 92.4 Å². The van der Waals surface area contributed by atoms with E-state index < -0.39 is 0 Å². The summed E-state index contributed by atoms with van der Waals surface area (Å²) in [6.07, 6.45) is 2.16. The third kappa shape index (κ3) is 7.04. The highest BCUT2D eigenvalue weighted by atomic mass is 15.1. The molecule has 0 spiro atoms. The molecule has 0 aliphatic rings. The second kappa shape index (κ2) is 12.6. The Kier molecular flexibility index (Phi) is 8.55. The fourth-order valence-corrected chi connectivity index (χ4v) is 4.90. The van der Waals surface area contributed by atoms with Crippen LogP contribution < -0.4 is 4.90 Å². The van der Waals surface area contributed by atoms with Crippen LogP contribution in [0.4, 0.5) is 17.1 Å². The minimum atomic E-state index is 1.06. The number of hydrogen-bond donors (Lipinski definition) is 0. The zero-order valence-corrected chi connectivity index (χ0v) is 23.3. The average molecular weight is 511 g/mol. The fraction of sp³-hybridized carbons (Fsp3) is 0.189. The van der Waals surface area contributed by atoms with E-state index in [1.807, 2.05) is 0 Å². The average Bonchev–Trinajstić information content (AvgIpc) is 2.98. The Balaban J connectivity index is 1.25. The van der Waals surface area contributed by atoms with Crippen molar-refractivity contribution in [2.24, 2.45) is 0 Å². The minimum Gasteiger partial charge on any atom is -0.311 e. The first-order chi connectivity index (χ1) is 19.0. The number of benzene rings is 5. The summed E-state index contributed by atoms with van der Waals surface area (Å²) < 4.78 is 0. The third-order valence-electron chi connectivity index (χ3n) is 7.40. The molecule has 0 fully saturated rings. The molecular weight excluding hydrogens is 472 g/mol. The van der Waals surface area contributed by atoms with Gasteiger partial charge in [0.05, 0.1) is 0 Å². The molecular formula is C37H38N2. The monoisotopic (exact) mass is 510 g/mol. The van der Waals surface area contributed by atoms with Gasteiger partial charge in [-0.3, -0.25) is 0 Å². The van der Waals surface area contributed by atoms with E-state index in [0.29, 0.717) is 0 Å². The fourth-order valence-electron chi connectivity index (χ4n) is 4.90. The Morgan fingerprint density at radius 3 is 1.28 bits per heavy atom. The maximum absolute atomic E-state index is 2.42. The van der Waals surface area contributed by atoms with Crippen LogP contribution in [-0.2, 0) is 12.8 Å². The predicted molar refractivity (Wildman–Crippen MR) is 167 cm³/mol. The van der Waals surface area contributed by atoms with Crippen LogP contribution >= 0.6 is 0 Å². The number of likely N-dealkylation sites (N-methyl/N-ethyl adjacent to an activating group) is 1. The number of hydrogen-bond acceptors (Lipinski definition) is 2. The highest BCUT2D eigenvalue weighted by molar-refractivity contribution is 5.78. The Morgan fingerprint density at radius 1 is 0.436 bits per heavy atom. The van der Waals surface area contributed by atoms with Gasteiger partial charge in [-0.15, -0.1) is 0 Å². The van der Waals surface area contributed by atoms with E-state index in [0.717, 1.165) is 43.0 Å². The van der Waals surface area contributed by atoms with Gasteiger partial charge in [-0.25, -0.2) is 0 Å². The van der Waals surface area contributed by atoms with Gasteiger partial charge in [-0.2, -0.15) is 0 Å². The lowest BCUT2D eigenvalue weighted by atomic mass is 10.0. The van der Waals surface area contributed by atoms with Gasteiger partial charge in [-0.1, -0.05) is 102 Å². The number of rotatable bonds is 10. The SMILES string of the molecule is Cc1ccc(N(c2ccc(C)cc2)c2ccc(-c3ccc(CCN(C)CCc4ccccc4)cc3)cc2)cc1. The van der Waals surface area contributed by atoms with Gasteiger partial charge in [0.25, 0.3) is 0 Å². The molecule has 2 heteroatoms. The minimum absolute atomic E-state index is 1.06. The zero-order valence-electron chi connectivity index (χ0n) is 23.3. The Labute approximate surface area is 234 Å². The molecule has 0 aromatic heterocycles. The van der Waals surface area contributed by atoms with Gasteiger partial charge < -0.3 is 9.80 Å². The van der Waals surface area contributed by atoms with Crippen LogP contribution in [0, 0.1) is 13.8 Å². The molecule has 0 saturated heterocycles. The van der Waals surface area contributed by atoms with Crippen LogP contribution in [0.15, 0.2) is 127 Å². The van der Waals surface area contributed by atoms with E-state index in [9.17, 15) is 0 Å². The van der Waals surface area contributed by atoms with Crippen LogP contribution in [0.2, 0.25) is 0 Å². The Morgan fingerprint density at radius 2 is 0.821 bits per heavy atom. The Bertz CT molecular complexity index is 1390. The second-order valence-electron chi connectivity index (χ2n) is 10.5. The second-order valence-corrected chi connectivity index (χ2v) is 10.5. The first kappa shape index (κ1) is 26.5. The molecule has 0 unspecified atom stereocenters. The van der Waals surface area contributed by atoms with Crippen LogP contribution in [0.5, 0.6) is 0 Å². The van der Waals surface area contributed by atoms with Crippen molar-refractivity contribution in [1.82, 2.24) is 4.90 Å². The molecule has 0 N–H and O–H groups in total. The van der Waals surface area contributed by atoms with E-state index in [1.165, 1.54) is 33.4 Å².